The monoisotopic (exact) mass is 236 g/mol. The molecule has 1 aliphatic rings. The van der Waals surface area contributed by atoms with Crippen LogP contribution in [0.1, 0.15) is 12.6 Å². The van der Waals surface area contributed by atoms with Crippen LogP contribution in [-0.2, 0) is 0 Å². The van der Waals surface area contributed by atoms with E-state index >= 15 is 0 Å². The third kappa shape index (κ3) is 2.29. The molecule has 2 rings (SSSR count). The standard InChI is InChI=1S/C11H16N4S/c1-8-7-16-5-4-15(8)9-2-3-14-10(6-9)11(12)13/h2-3,6,8H,4-5,7H2,1H3,(H3,12,13). The van der Waals surface area contributed by atoms with E-state index in [-0.39, 0.29) is 5.84 Å². The van der Waals surface area contributed by atoms with Crippen LogP contribution in [0.3, 0.4) is 0 Å². The van der Waals surface area contributed by atoms with E-state index in [2.05, 4.69) is 16.8 Å². The molecule has 1 atom stereocenters. The molecular weight excluding hydrogens is 220 g/mol. The lowest BCUT2D eigenvalue weighted by atomic mass is 10.2. The first-order chi connectivity index (χ1) is 7.68. The van der Waals surface area contributed by atoms with Gasteiger partial charge in [0.1, 0.15) is 11.5 Å². The van der Waals surface area contributed by atoms with E-state index in [9.17, 15) is 0 Å². The van der Waals surface area contributed by atoms with E-state index < -0.39 is 0 Å². The molecule has 1 saturated heterocycles. The fraction of sp³-hybridized carbons (Fsp3) is 0.455. The van der Waals surface area contributed by atoms with Crippen LogP contribution in [0.15, 0.2) is 18.3 Å². The Morgan fingerprint density at radius 2 is 2.50 bits per heavy atom. The van der Waals surface area contributed by atoms with Gasteiger partial charge in [-0.1, -0.05) is 0 Å². The minimum Gasteiger partial charge on any atom is -0.382 e. The van der Waals surface area contributed by atoms with Crippen molar-refractivity contribution < 1.29 is 0 Å². The molecule has 1 aromatic heterocycles. The lowest BCUT2D eigenvalue weighted by Crippen LogP contribution is -2.40. The molecule has 86 valence electrons. The van der Waals surface area contributed by atoms with E-state index in [0.29, 0.717) is 11.7 Å². The summed E-state index contributed by atoms with van der Waals surface area (Å²) in [5.41, 5.74) is 7.12. The average Bonchev–Trinajstić information content (AvgIpc) is 2.30. The molecule has 16 heavy (non-hydrogen) atoms. The van der Waals surface area contributed by atoms with Gasteiger partial charge >= 0.3 is 0 Å². The largest absolute Gasteiger partial charge is 0.382 e. The van der Waals surface area contributed by atoms with Crippen molar-refractivity contribution in [1.82, 2.24) is 4.98 Å². The first-order valence-electron chi connectivity index (χ1n) is 5.33. The second-order valence-electron chi connectivity index (χ2n) is 3.93. The number of nitrogens with two attached hydrogens (primary N) is 1. The van der Waals surface area contributed by atoms with E-state index in [1.165, 1.54) is 0 Å². The maximum atomic E-state index is 7.39. The quantitative estimate of drug-likeness (QED) is 0.600. The lowest BCUT2D eigenvalue weighted by molar-refractivity contribution is 0.699. The second kappa shape index (κ2) is 4.74. The fourth-order valence-electron chi connectivity index (χ4n) is 1.86. The summed E-state index contributed by atoms with van der Waals surface area (Å²) in [7, 11) is 0. The summed E-state index contributed by atoms with van der Waals surface area (Å²) in [6.07, 6.45) is 1.72. The van der Waals surface area contributed by atoms with Crippen LogP contribution in [0.2, 0.25) is 0 Å². The van der Waals surface area contributed by atoms with Gasteiger partial charge in [0.15, 0.2) is 0 Å². The molecule has 0 spiro atoms. The van der Waals surface area contributed by atoms with Crippen molar-refractivity contribution >= 4 is 23.3 Å². The average molecular weight is 236 g/mol. The summed E-state index contributed by atoms with van der Waals surface area (Å²) in [5.74, 6) is 2.33. The highest BCUT2D eigenvalue weighted by Gasteiger charge is 2.19. The molecule has 0 aliphatic carbocycles. The summed E-state index contributed by atoms with van der Waals surface area (Å²) in [4.78, 5) is 6.43. The Labute approximate surface area is 99.7 Å². The number of amidine groups is 1. The van der Waals surface area contributed by atoms with Crippen molar-refractivity contribution in [2.45, 2.75) is 13.0 Å². The minimum absolute atomic E-state index is 0.0286. The Kier molecular flexibility index (Phi) is 3.33. The fourth-order valence-corrected chi connectivity index (χ4v) is 2.87. The van der Waals surface area contributed by atoms with Gasteiger partial charge in [-0.15, -0.1) is 0 Å². The van der Waals surface area contributed by atoms with Crippen molar-refractivity contribution in [3.05, 3.63) is 24.0 Å². The highest BCUT2D eigenvalue weighted by molar-refractivity contribution is 7.99. The van der Waals surface area contributed by atoms with Crippen molar-refractivity contribution in [3.8, 4) is 0 Å². The Bertz CT molecular complexity index is 393. The van der Waals surface area contributed by atoms with Crippen molar-refractivity contribution in [3.63, 3.8) is 0 Å². The molecular formula is C11H16N4S. The molecule has 4 nitrogen and oxygen atoms in total. The van der Waals surface area contributed by atoms with Crippen molar-refractivity contribution in [1.29, 1.82) is 5.41 Å². The highest BCUT2D eigenvalue weighted by atomic mass is 32.2. The Morgan fingerprint density at radius 3 is 3.19 bits per heavy atom. The Morgan fingerprint density at radius 1 is 1.69 bits per heavy atom. The Balaban J connectivity index is 2.25. The zero-order chi connectivity index (χ0) is 11.5. The van der Waals surface area contributed by atoms with E-state index in [0.717, 1.165) is 23.7 Å². The maximum Gasteiger partial charge on any atom is 0.141 e. The van der Waals surface area contributed by atoms with Crippen LogP contribution in [0.4, 0.5) is 5.69 Å². The highest BCUT2D eigenvalue weighted by Crippen LogP contribution is 2.23. The molecule has 1 unspecified atom stereocenters. The summed E-state index contributed by atoms with van der Waals surface area (Å²) in [6.45, 7) is 3.27. The van der Waals surface area contributed by atoms with Crippen LogP contribution < -0.4 is 10.6 Å². The second-order valence-corrected chi connectivity index (χ2v) is 5.08. The molecule has 1 aliphatic heterocycles. The molecule has 2 heterocycles. The lowest BCUT2D eigenvalue weighted by Gasteiger charge is -2.35. The summed E-state index contributed by atoms with van der Waals surface area (Å²) >= 11 is 1.99. The minimum atomic E-state index is 0.0286. The number of hydrogen-bond donors (Lipinski definition) is 2. The van der Waals surface area contributed by atoms with Crippen LogP contribution in [0, 0.1) is 5.41 Å². The van der Waals surface area contributed by atoms with Gasteiger partial charge in [-0.2, -0.15) is 11.8 Å². The molecule has 0 saturated carbocycles. The third-order valence-electron chi connectivity index (χ3n) is 2.72. The molecule has 3 N–H and O–H groups in total. The van der Waals surface area contributed by atoms with Crippen LogP contribution in [0.25, 0.3) is 0 Å². The molecule has 0 radical (unpaired) electrons. The number of pyridine rings is 1. The number of hydrogen-bond acceptors (Lipinski definition) is 4. The summed E-state index contributed by atoms with van der Waals surface area (Å²) in [6, 6.07) is 4.41. The van der Waals surface area contributed by atoms with E-state index in [1.807, 2.05) is 23.9 Å². The van der Waals surface area contributed by atoms with E-state index in [4.69, 9.17) is 11.1 Å². The van der Waals surface area contributed by atoms with Gasteiger partial charge in [-0.3, -0.25) is 10.4 Å². The predicted octanol–water partition coefficient (Wildman–Crippen LogP) is 1.31. The van der Waals surface area contributed by atoms with Gasteiger partial charge < -0.3 is 10.6 Å². The topological polar surface area (TPSA) is 66.0 Å². The third-order valence-corrected chi connectivity index (χ3v) is 3.91. The number of nitrogen functional groups attached to an aromatic ring is 1. The van der Waals surface area contributed by atoms with Gasteiger partial charge in [0, 0.05) is 36.0 Å². The van der Waals surface area contributed by atoms with E-state index in [1.54, 1.807) is 6.20 Å². The van der Waals surface area contributed by atoms with Crippen LogP contribution >= 0.6 is 11.8 Å². The zero-order valence-electron chi connectivity index (χ0n) is 9.31. The number of rotatable bonds is 2. The van der Waals surface area contributed by atoms with Gasteiger partial charge in [0.05, 0.1) is 0 Å². The zero-order valence-corrected chi connectivity index (χ0v) is 10.1. The first-order valence-corrected chi connectivity index (χ1v) is 6.49. The number of nitrogens with zero attached hydrogens (tertiary/aromatic N) is 2. The first kappa shape index (κ1) is 11.3. The van der Waals surface area contributed by atoms with Crippen molar-refractivity contribution in [2.75, 3.05) is 23.0 Å². The van der Waals surface area contributed by atoms with Gasteiger partial charge in [-0.25, -0.2) is 0 Å². The number of aromatic nitrogens is 1. The van der Waals surface area contributed by atoms with Gasteiger partial charge in [-0.05, 0) is 19.1 Å². The summed E-state index contributed by atoms with van der Waals surface area (Å²) < 4.78 is 0. The predicted molar refractivity (Wildman–Crippen MR) is 69.4 cm³/mol. The van der Waals surface area contributed by atoms with Crippen LogP contribution in [-0.4, -0.2) is 34.9 Å². The molecule has 1 fully saturated rings. The molecule has 0 aromatic carbocycles. The molecule has 0 amide bonds. The molecule has 0 bridgehead atoms. The molecule has 1 aromatic rings. The number of nitrogens with one attached hydrogen (secondary N) is 1. The molecule has 5 heteroatoms. The normalized spacial score (nSPS) is 20.8. The van der Waals surface area contributed by atoms with Gasteiger partial charge in [0.2, 0.25) is 0 Å². The SMILES string of the molecule is CC1CSCCN1c1ccnc(C(=N)N)c1. The Hall–Kier alpha value is -1.23. The van der Waals surface area contributed by atoms with Crippen LogP contribution in [0.5, 0.6) is 0 Å². The van der Waals surface area contributed by atoms with Crippen molar-refractivity contribution in [2.24, 2.45) is 5.73 Å². The van der Waals surface area contributed by atoms with Gasteiger partial charge in [0.25, 0.3) is 0 Å². The smallest absolute Gasteiger partial charge is 0.141 e. The summed E-state index contributed by atoms with van der Waals surface area (Å²) in [5, 5.41) is 7.39. The number of thioether (sulfide) groups is 1. The number of anilines is 1. The maximum absolute atomic E-state index is 7.39.